The molecule has 0 bridgehead atoms. The van der Waals surface area contributed by atoms with E-state index in [0.29, 0.717) is 13.1 Å². The zero-order chi connectivity index (χ0) is 18.4. The van der Waals surface area contributed by atoms with Crippen LogP contribution >= 0.6 is 11.3 Å². The van der Waals surface area contributed by atoms with Gasteiger partial charge < -0.3 is 11.1 Å². The average Bonchev–Trinajstić information content (AvgIpc) is 3.11. The molecule has 1 aromatic heterocycles. The van der Waals surface area contributed by atoms with Gasteiger partial charge in [-0.15, -0.1) is 11.3 Å². The summed E-state index contributed by atoms with van der Waals surface area (Å²) < 4.78 is 0. The first-order chi connectivity index (χ1) is 12.6. The molecule has 2 heterocycles. The molecule has 0 spiro atoms. The minimum absolute atomic E-state index is 0.0546. The second-order valence-electron chi connectivity index (χ2n) is 6.57. The number of nitrogens with zero attached hydrogens (tertiary/aromatic N) is 2. The van der Waals surface area contributed by atoms with Crippen LogP contribution in [0.4, 0.5) is 0 Å². The lowest BCUT2D eigenvalue weighted by atomic mass is 9.97. The number of primary amides is 1. The van der Waals surface area contributed by atoms with Gasteiger partial charge in [-0.05, 0) is 19.4 Å². The first kappa shape index (κ1) is 18.5. The van der Waals surface area contributed by atoms with Crippen molar-refractivity contribution in [2.24, 2.45) is 11.7 Å². The molecular formula is C19H24N4O2S. The summed E-state index contributed by atoms with van der Waals surface area (Å²) in [6.45, 7) is 2.23. The van der Waals surface area contributed by atoms with E-state index in [4.69, 9.17) is 5.73 Å². The summed E-state index contributed by atoms with van der Waals surface area (Å²) in [6, 6.07) is 10.1. The van der Waals surface area contributed by atoms with Gasteiger partial charge in [-0.3, -0.25) is 14.5 Å². The highest BCUT2D eigenvalue weighted by molar-refractivity contribution is 7.09. The molecule has 1 aliphatic heterocycles. The van der Waals surface area contributed by atoms with E-state index in [9.17, 15) is 9.59 Å². The lowest BCUT2D eigenvalue weighted by Gasteiger charge is -2.30. The van der Waals surface area contributed by atoms with Gasteiger partial charge in [0.2, 0.25) is 11.8 Å². The summed E-state index contributed by atoms with van der Waals surface area (Å²) in [5, 5.41) is 6.08. The van der Waals surface area contributed by atoms with Crippen molar-refractivity contribution in [2.75, 3.05) is 26.2 Å². The number of carbonyl (C=O) groups excluding carboxylic acids is 2. The molecule has 1 atom stereocenters. The number of thiazole rings is 1. The largest absolute Gasteiger partial charge is 0.369 e. The lowest BCUT2D eigenvalue weighted by Crippen LogP contribution is -2.46. The van der Waals surface area contributed by atoms with E-state index in [0.717, 1.165) is 42.1 Å². The van der Waals surface area contributed by atoms with Crippen LogP contribution in [0.3, 0.4) is 0 Å². The van der Waals surface area contributed by atoms with Crippen LogP contribution in [-0.2, 0) is 16.0 Å². The molecule has 0 radical (unpaired) electrons. The molecule has 0 aliphatic carbocycles. The zero-order valence-electron chi connectivity index (χ0n) is 14.7. The number of nitrogens with one attached hydrogen (secondary N) is 1. The van der Waals surface area contributed by atoms with Gasteiger partial charge in [-0.1, -0.05) is 30.3 Å². The van der Waals surface area contributed by atoms with E-state index < -0.39 is 0 Å². The SMILES string of the molecule is NC(=O)CN1CCCC(C(=O)NCCc2nc(-c3ccccc3)cs2)C1. The van der Waals surface area contributed by atoms with Gasteiger partial charge in [0.15, 0.2) is 0 Å². The average molecular weight is 372 g/mol. The Morgan fingerprint density at radius 1 is 1.31 bits per heavy atom. The first-order valence-corrected chi connectivity index (χ1v) is 9.78. The maximum absolute atomic E-state index is 12.4. The number of benzene rings is 1. The molecule has 0 saturated carbocycles. The van der Waals surface area contributed by atoms with Gasteiger partial charge in [0.1, 0.15) is 0 Å². The minimum atomic E-state index is -0.343. The molecule has 2 amide bonds. The molecule has 1 aliphatic rings. The maximum atomic E-state index is 12.4. The van der Waals surface area contributed by atoms with E-state index in [-0.39, 0.29) is 24.3 Å². The topological polar surface area (TPSA) is 88.3 Å². The third-order valence-corrected chi connectivity index (χ3v) is 5.42. The number of hydrogen-bond donors (Lipinski definition) is 2. The Balaban J connectivity index is 1.45. The Hall–Kier alpha value is -2.25. The normalized spacial score (nSPS) is 17.8. The van der Waals surface area contributed by atoms with Crippen molar-refractivity contribution < 1.29 is 9.59 Å². The van der Waals surface area contributed by atoms with Crippen LogP contribution in [0.15, 0.2) is 35.7 Å². The second-order valence-corrected chi connectivity index (χ2v) is 7.52. The Kier molecular flexibility index (Phi) is 6.35. The van der Waals surface area contributed by atoms with Crippen molar-refractivity contribution in [2.45, 2.75) is 19.3 Å². The van der Waals surface area contributed by atoms with Crippen LogP contribution in [0.25, 0.3) is 11.3 Å². The number of nitrogens with two attached hydrogens (primary N) is 1. The summed E-state index contributed by atoms with van der Waals surface area (Å²) >= 11 is 1.62. The Morgan fingerprint density at radius 2 is 2.12 bits per heavy atom. The van der Waals surface area contributed by atoms with E-state index in [1.165, 1.54) is 0 Å². The molecule has 1 unspecified atom stereocenters. The zero-order valence-corrected chi connectivity index (χ0v) is 15.5. The lowest BCUT2D eigenvalue weighted by molar-refractivity contribution is -0.128. The fourth-order valence-electron chi connectivity index (χ4n) is 3.24. The van der Waals surface area contributed by atoms with Crippen LogP contribution in [0.2, 0.25) is 0 Å². The molecule has 3 rings (SSSR count). The molecule has 26 heavy (non-hydrogen) atoms. The van der Waals surface area contributed by atoms with Gasteiger partial charge in [0, 0.05) is 30.5 Å². The maximum Gasteiger partial charge on any atom is 0.231 e. The van der Waals surface area contributed by atoms with Crippen molar-refractivity contribution in [1.29, 1.82) is 0 Å². The summed E-state index contributed by atoms with van der Waals surface area (Å²) in [7, 11) is 0. The molecule has 1 saturated heterocycles. The third kappa shape index (κ3) is 5.12. The summed E-state index contributed by atoms with van der Waals surface area (Å²) in [4.78, 5) is 30.0. The Morgan fingerprint density at radius 3 is 2.88 bits per heavy atom. The predicted octanol–water partition coefficient (Wildman–Crippen LogP) is 1.67. The highest BCUT2D eigenvalue weighted by Gasteiger charge is 2.26. The van der Waals surface area contributed by atoms with Crippen LogP contribution in [-0.4, -0.2) is 47.9 Å². The number of hydrogen-bond acceptors (Lipinski definition) is 5. The third-order valence-electron chi connectivity index (χ3n) is 4.52. The van der Waals surface area contributed by atoms with Crippen molar-refractivity contribution in [1.82, 2.24) is 15.2 Å². The summed E-state index contributed by atoms with van der Waals surface area (Å²) in [5.74, 6) is -0.359. The smallest absolute Gasteiger partial charge is 0.231 e. The van der Waals surface area contributed by atoms with Gasteiger partial charge >= 0.3 is 0 Å². The number of likely N-dealkylation sites (tertiary alicyclic amines) is 1. The Labute approximate surface area is 157 Å². The molecule has 1 aromatic carbocycles. The molecule has 138 valence electrons. The van der Waals surface area contributed by atoms with E-state index in [2.05, 4.69) is 15.7 Å². The van der Waals surface area contributed by atoms with Crippen LogP contribution < -0.4 is 11.1 Å². The van der Waals surface area contributed by atoms with E-state index >= 15 is 0 Å². The molecular weight excluding hydrogens is 348 g/mol. The van der Waals surface area contributed by atoms with Crippen molar-refractivity contribution in [3.8, 4) is 11.3 Å². The van der Waals surface area contributed by atoms with Crippen LogP contribution in [0, 0.1) is 5.92 Å². The molecule has 3 N–H and O–H groups in total. The molecule has 7 heteroatoms. The van der Waals surface area contributed by atoms with E-state index in [1.807, 2.05) is 35.2 Å². The molecule has 6 nitrogen and oxygen atoms in total. The number of rotatable bonds is 7. The second kappa shape index (κ2) is 8.91. The fourth-order valence-corrected chi connectivity index (χ4v) is 4.05. The highest BCUT2D eigenvalue weighted by atomic mass is 32.1. The predicted molar refractivity (Wildman–Crippen MR) is 103 cm³/mol. The highest BCUT2D eigenvalue weighted by Crippen LogP contribution is 2.21. The van der Waals surface area contributed by atoms with Gasteiger partial charge in [-0.25, -0.2) is 4.98 Å². The standard InChI is InChI=1S/C19H24N4O2S/c20-17(24)12-23-10-4-7-15(11-23)19(25)21-9-8-18-22-16(13-26-18)14-5-2-1-3-6-14/h1-3,5-6,13,15H,4,7-12H2,(H2,20,24)(H,21,25). The number of piperidine rings is 1. The molecule has 1 fully saturated rings. The van der Waals surface area contributed by atoms with Gasteiger partial charge in [0.25, 0.3) is 0 Å². The first-order valence-electron chi connectivity index (χ1n) is 8.90. The number of aromatic nitrogens is 1. The van der Waals surface area contributed by atoms with Crippen LogP contribution in [0.5, 0.6) is 0 Å². The van der Waals surface area contributed by atoms with Crippen molar-refractivity contribution in [3.63, 3.8) is 0 Å². The number of amides is 2. The monoisotopic (exact) mass is 372 g/mol. The van der Waals surface area contributed by atoms with Crippen molar-refractivity contribution >= 4 is 23.2 Å². The summed E-state index contributed by atoms with van der Waals surface area (Å²) in [6.07, 6.45) is 2.50. The van der Waals surface area contributed by atoms with Gasteiger partial charge in [-0.2, -0.15) is 0 Å². The molecule has 2 aromatic rings. The van der Waals surface area contributed by atoms with E-state index in [1.54, 1.807) is 11.3 Å². The number of carbonyl (C=O) groups is 2. The van der Waals surface area contributed by atoms with Crippen molar-refractivity contribution in [3.05, 3.63) is 40.7 Å². The minimum Gasteiger partial charge on any atom is -0.369 e. The van der Waals surface area contributed by atoms with Crippen LogP contribution in [0.1, 0.15) is 17.8 Å². The Bertz CT molecular complexity index is 747. The summed E-state index contributed by atoms with van der Waals surface area (Å²) in [5.41, 5.74) is 7.33. The van der Waals surface area contributed by atoms with Gasteiger partial charge in [0.05, 0.1) is 23.2 Å². The quantitative estimate of drug-likeness (QED) is 0.774. The fraction of sp³-hybridized carbons (Fsp3) is 0.421.